The molecule has 26 heavy (non-hydrogen) atoms. The van der Waals surface area contributed by atoms with Crippen molar-refractivity contribution in [3.8, 4) is 5.75 Å². The van der Waals surface area contributed by atoms with E-state index in [1.807, 2.05) is 37.3 Å². The van der Waals surface area contributed by atoms with Gasteiger partial charge in [0, 0.05) is 0 Å². The average molecular weight is 372 g/mol. The number of nitrogens with one attached hydrogen (secondary N) is 1. The van der Waals surface area contributed by atoms with Gasteiger partial charge in [0.15, 0.2) is 0 Å². The fraction of sp³-hybridized carbons (Fsp3) is 0.286. The molecule has 0 spiro atoms. The summed E-state index contributed by atoms with van der Waals surface area (Å²) in [5.74, 6) is 0.686. The van der Waals surface area contributed by atoms with Crippen molar-refractivity contribution >= 4 is 10.0 Å². The predicted molar refractivity (Wildman–Crippen MR) is 105 cm³/mol. The van der Waals surface area contributed by atoms with Crippen LogP contribution in [-0.4, -0.2) is 21.6 Å². The lowest BCUT2D eigenvalue weighted by atomic mass is 10.1. The number of ether oxygens (including phenoxy) is 1. The molecule has 0 unspecified atom stereocenters. The van der Waals surface area contributed by atoms with Crippen LogP contribution in [0, 0.1) is 20.8 Å². The summed E-state index contributed by atoms with van der Waals surface area (Å²) in [4.78, 5) is 0.298. The minimum Gasteiger partial charge on any atom is -0.496 e. The molecule has 0 fully saturated rings. The minimum absolute atomic E-state index is 0.298. The lowest BCUT2D eigenvalue weighted by molar-refractivity contribution is 0.410. The van der Waals surface area contributed by atoms with E-state index in [0.717, 1.165) is 11.1 Å². The van der Waals surface area contributed by atoms with Crippen molar-refractivity contribution in [3.63, 3.8) is 0 Å². The van der Waals surface area contributed by atoms with Crippen molar-refractivity contribution in [3.05, 3.63) is 77.0 Å². The molecule has 2 aromatic carbocycles. The van der Waals surface area contributed by atoms with Crippen LogP contribution in [0.2, 0.25) is 0 Å². The van der Waals surface area contributed by atoms with E-state index in [2.05, 4.69) is 17.0 Å². The molecule has 0 bridgehead atoms. The van der Waals surface area contributed by atoms with Gasteiger partial charge in [0.25, 0.3) is 0 Å². The number of rotatable bonds is 7. The minimum atomic E-state index is -3.72. The van der Waals surface area contributed by atoms with E-state index < -0.39 is 16.1 Å². The summed E-state index contributed by atoms with van der Waals surface area (Å²) in [5.41, 5.74) is 5.89. The quantitative estimate of drug-likeness (QED) is 0.752. The molecule has 1 atom stereocenters. The third-order valence-corrected chi connectivity index (χ3v) is 6.17. The molecule has 0 saturated heterocycles. The van der Waals surface area contributed by atoms with Gasteiger partial charge < -0.3 is 4.74 Å². The number of benzene rings is 2. The van der Waals surface area contributed by atoms with Crippen LogP contribution in [0.15, 0.2) is 59.7 Å². The molecule has 5 heteroatoms. The molecular weight excluding hydrogens is 346 g/mol. The van der Waals surface area contributed by atoms with E-state index in [4.69, 9.17) is 4.74 Å². The van der Waals surface area contributed by atoms with E-state index in [1.165, 1.54) is 0 Å². The second-order valence-electron chi connectivity index (χ2n) is 6.26. The molecule has 0 radical (unpaired) electrons. The normalized spacial score (nSPS) is 12.3. The van der Waals surface area contributed by atoms with E-state index in [0.29, 0.717) is 28.2 Å². The second-order valence-corrected chi connectivity index (χ2v) is 7.91. The van der Waals surface area contributed by atoms with Gasteiger partial charge in [0.2, 0.25) is 10.0 Å². The molecule has 0 aromatic heterocycles. The molecule has 2 rings (SSSR count). The summed E-state index contributed by atoms with van der Waals surface area (Å²) < 4.78 is 34.3. The summed E-state index contributed by atoms with van der Waals surface area (Å²) in [6, 6.07) is 11.0. The molecule has 0 aliphatic heterocycles. The van der Waals surface area contributed by atoms with Crippen LogP contribution >= 0.6 is 0 Å². The van der Waals surface area contributed by atoms with Gasteiger partial charge in [-0.25, -0.2) is 13.1 Å². The molecule has 0 heterocycles. The average Bonchev–Trinajstić information content (AvgIpc) is 2.58. The van der Waals surface area contributed by atoms with Crippen LogP contribution in [0.5, 0.6) is 5.75 Å². The number of aryl methyl sites for hydroxylation is 1. The highest BCUT2D eigenvalue weighted by Gasteiger charge is 2.25. The van der Waals surface area contributed by atoms with Crippen molar-refractivity contribution in [2.75, 3.05) is 7.11 Å². The lowest BCUT2D eigenvalue weighted by Crippen LogP contribution is -2.35. The Morgan fingerprint density at radius 3 is 2.42 bits per heavy atom. The first-order valence-electron chi connectivity index (χ1n) is 8.37. The number of hydrogen-bond donors (Lipinski definition) is 1. The highest BCUT2D eigenvalue weighted by Crippen LogP contribution is 2.30. The maximum Gasteiger partial charge on any atom is 0.241 e. The SMILES string of the molecule is C=C=C[C@H](Cc1ccccc1)NS(=O)(=O)c1c(C)cc(OC)c(C)c1C. The molecule has 0 aliphatic rings. The maximum absolute atomic E-state index is 13.1. The molecule has 0 amide bonds. The summed E-state index contributed by atoms with van der Waals surface area (Å²) in [7, 11) is -2.13. The van der Waals surface area contributed by atoms with E-state index in [-0.39, 0.29) is 0 Å². The summed E-state index contributed by atoms with van der Waals surface area (Å²) >= 11 is 0. The smallest absolute Gasteiger partial charge is 0.241 e. The molecule has 4 nitrogen and oxygen atoms in total. The molecule has 138 valence electrons. The zero-order valence-corrected chi connectivity index (χ0v) is 16.5. The standard InChI is InChI=1S/C21H25NO3S/c1-6-10-19(14-18-11-8-7-9-12-18)22-26(23,24)21-15(2)13-20(25-5)16(3)17(21)4/h7-13,19,22H,1,14H2,2-5H3/t19-/m1/s1. The van der Waals surface area contributed by atoms with Gasteiger partial charge in [-0.05, 0) is 61.6 Å². The van der Waals surface area contributed by atoms with Gasteiger partial charge in [-0.3, -0.25) is 0 Å². The van der Waals surface area contributed by atoms with Crippen LogP contribution in [0.1, 0.15) is 22.3 Å². The first-order chi connectivity index (χ1) is 12.3. The molecule has 1 N–H and O–H groups in total. The first kappa shape index (κ1) is 20.0. The lowest BCUT2D eigenvalue weighted by Gasteiger charge is -2.19. The Morgan fingerprint density at radius 2 is 1.85 bits per heavy atom. The Balaban J connectivity index is 2.40. The maximum atomic E-state index is 13.1. The van der Waals surface area contributed by atoms with Crippen molar-refractivity contribution in [2.24, 2.45) is 0 Å². The fourth-order valence-corrected chi connectivity index (χ4v) is 4.76. The Labute approximate surface area is 156 Å². The van der Waals surface area contributed by atoms with E-state index in [1.54, 1.807) is 33.1 Å². The van der Waals surface area contributed by atoms with Gasteiger partial charge in [-0.15, -0.1) is 5.73 Å². The van der Waals surface area contributed by atoms with Crippen LogP contribution in [0.3, 0.4) is 0 Å². The van der Waals surface area contributed by atoms with Crippen LogP contribution in [-0.2, 0) is 16.4 Å². The topological polar surface area (TPSA) is 55.4 Å². The van der Waals surface area contributed by atoms with Gasteiger partial charge in [0.05, 0.1) is 18.0 Å². The second kappa shape index (κ2) is 8.37. The van der Waals surface area contributed by atoms with Crippen molar-refractivity contribution in [1.29, 1.82) is 0 Å². The van der Waals surface area contributed by atoms with Crippen molar-refractivity contribution in [2.45, 2.75) is 38.1 Å². The third-order valence-electron chi connectivity index (χ3n) is 4.39. The summed E-state index contributed by atoms with van der Waals surface area (Å²) in [5, 5.41) is 0. The Kier molecular flexibility index (Phi) is 6.43. The Bertz CT molecular complexity index is 927. The van der Waals surface area contributed by atoms with E-state index in [9.17, 15) is 8.42 Å². The molecular formula is C21H25NO3S. The van der Waals surface area contributed by atoms with Crippen LogP contribution < -0.4 is 9.46 Å². The van der Waals surface area contributed by atoms with Crippen molar-refractivity contribution in [1.82, 2.24) is 4.72 Å². The highest BCUT2D eigenvalue weighted by atomic mass is 32.2. The number of sulfonamides is 1. The fourth-order valence-electron chi connectivity index (χ4n) is 3.05. The van der Waals surface area contributed by atoms with Crippen LogP contribution in [0.25, 0.3) is 0 Å². The van der Waals surface area contributed by atoms with Gasteiger partial charge >= 0.3 is 0 Å². The van der Waals surface area contributed by atoms with Gasteiger partial charge in [-0.2, -0.15) is 0 Å². The Hall–Kier alpha value is -2.33. The largest absolute Gasteiger partial charge is 0.496 e. The zero-order valence-electron chi connectivity index (χ0n) is 15.7. The molecule has 0 saturated carbocycles. The van der Waals surface area contributed by atoms with Crippen LogP contribution in [0.4, 0.5) is 0 Å². The zero-order chi connectivity index (χ0) is 19.3. The number of hydrogen-bond acceptors (Lipinski definition) is 3. The predicted octanol–water partition coefficient (Wildman–Crippen LogP) is 3.85. The first-order valence-corrected chi connectivity index (χ1v) is 9.85. The highest BCUT2D eigenvalue weighted by molar-refractivity contribution is 7.89. The van der Waals surface area contributed by atoms with E-state index >= 15 is 0 Å². The Morgan fingerprint density at radius 1 is 1.19 bits per heavy atom. The number of methoxy groups -OCH3 is 1. The molecule has 2 aromatic rings. The van der Waals surface area contributed by atoms with Crippen molar-refractivity contribution < 1.29 is 13.2 Å². The third kappa shape index (κ3) is 4.44. The summed E-state index contributed by atoms with van der Waals surface area (Å²) in [6.07, 6.45) is 2.17. The van der Waals surface area contributed by atoms with Gasteiger partial charge in [-0.1, -0.05) is 36.9 Å². The monoisotopic (exact) mass is 371 g/mol. The van der Waals surface area contributed by atoms with Gasteiger partial charge in [0.1, 0.15) is 5.75 Å². The summed E-state index contributed by atoms with van der Waals surface area (Å²) in [6.45, 7) is 9.02. The molecule has 0 aliphatic carbocycles.